The molecule has 0 radical (unpaired) electrons. The highest BCUT2D eigenvalue weighted by molar-refractivity contribution is 6.32. The van der Waals surface area contributed by atoms with Crippen molar-refractivity contribution in [3.05, 3.63) is 63.9 Å². The van der Waals surface area contributed by atoms with Crippen molar-refractivity contribution < 1.29 is 14.5 Å². The topological polar surface area (TPSA) is 99.3 Å². The van der Waals surface area contributed by atoms with Crippen molar-refractivity contribution in [2.75, 3.05) is 6.54 Å². The summed E-state index contributed by atoms with van der Waals surface area (Å²) in [5, 5.41) is 17.4. The summed E-state index contributed by atoms with van der Waals surface area (Å²) in [6.07, 6.45) is 3.14. The summed E-state index contributed by atoms with van der Waals surface area (Å²) in [6, 6.07) is 5.44. The summed E-state index contributed by atoms with van der Waals surface area (Å²) in [6.45, 7) is 3.86. The third-order valence-electron chi connectivity index (χ3n) is 2.76. The van der Waals surface area contributed by atoms with Crippen molar-refractivity contribution in [1.29, 1.82) is 0 Å². The molecule has 0 fully saturated rings. The van der Waals surface area contributed by atoms with Crippen molar-refractivity contribution in [3.8, 4) is 5.75 Å². The van der Waals surface area contributed by atoms with Gasteiger partial charge in [-0.15, -0.1) is 6.58 Å². The van der Waals surface area contributed by atoms with Gasteiger partial charge in [0.15, 0.2) is 6.73 Å². The summed E-state index contributed by atoms with van der Waals surface area (Å²) in [5.41, 5.74) is 0.118. The number of nitro benzene ring substituents is 1. The Morgan fingerprint density at radius 2 is 2.30 bits per heavy atom. The molecule has 1 aromatic carbocycles. The average Bonchev–Trinajstić information content (AvgIpc) is 3.00. The van der Waals surface area contributed by atoms with E-state index in [0.29, 0.717) is 6.54 Å². The maximum Gasteiger partial charge on any atom is 0.272 e. The van der Waals surface area contributed by atoms with E-state index in [1.54, 1.807) is 18.3 Å². The van der Waals surface area contributed by atoms with Gasteiger partial charge >= 0.3 is 0 Å². The minimum absolute atomic E-state index is 0.00622. The van der Waals surface area contributed by atoms with Crippen LogP contribution in [0.4, 0.5) is 5.69 Å². The highest BCUT2D eigenvalue weighted by Gasteiger charge is 2.11. The van der Waals surface area contributed by atoms with Gasteiger partial charge in [0.25, 0.3) is 11.6 Å². The molecule has 2 rings (SSSR count). The summed E-state index contributed by atoms with van der Waals surface area (Å²) < 4.78 is 6.83. The lowest BCUT2D eigenvalue weighted by Crippen LogP contribution is -2.24. The lowest BCUT2D eigenvalue weighted by molar-refractivity contribution is -0.384. The molecule has 2 aromatic rings. The molecule has 0 unspecified atom stereocenters. The smallest absolute Gasteiger partial charge is 0.272 e. The van der Waals surface area contributed by atoms with E-state index < -0.39 is 4.92 Å². The molecule has 0 saturated carbocycles. The van der Waals surface area contributed by atoms with Gasteiger partial charge in [0, 0.05) is 24.9 Å². The minimum Gasteiger partial charge on any atom is -0.470 e. The number of aromatic nitrogens is 2. The molecular weight excluding hydrogens is 324 g/mol. The Hall–Kier alpha value is -2.87. The molecule has 0 spiro atoms. The highest BCUT2D eigenvalue weighted by atomic mass is 35.5. The van der Waals surface area contributed by atoms with Crippen LogP contribution in [0.15, 0.2) is 43.1 Å². The molecule has 1 aromatic heterocycles. The number of benzene rings is 1. The van der Waals surface area contributed by atoms with Gasteiger partial charge in [-0.3, -0.25) is 14.9 Å². The third kappa shape index (κ3) is 4.30. The Morgan fingerprint density at radius 3 is 2.96 bits per heavy atom. The van der Waals surface area contributed by atoms with Crippen LogP contribution < -0.4 is 10.1 Å². The lowest BCUT2D eigenvalue weighted by Gasteiger charge is -2.07. The van der Waals surface area contributed by atoms with Gasteiger partial charge in [-0.1, -0.05) is 17.7 Å². The van der Waals surface area contributed by atoms with Gasteiger partial charge in [0.05, 0.1) is 9.95 Å². The van der Waals surface area contributed by atoms with Gasteiger partial charge in [0.2, 0.25) is 0 Å². The van der Waals surface area contributed by atoms with E-state index in [1.165, 1.54) is 22.9 Å². The SMILES string of the molecule is C=CCNC(=O)c1ccn(COc2ccc([N+](=O)[O-])cc2Cl)n1. The molecule has 0 aliphatic heterocycles. The van der Waals surface area contributed by atoms with Gasteiger partial charge in [-0.25, -0.2) is 4.68 Å². The molecule has 1 amide bonds. The first kappa shape index (κ1) is 16.5. The van der Waals surface area contributed by atoms with E-state index in [0.717, 1.165) is 0 Å². The molecular formula is C14H13ClN4O4. The molecule has 0 bridgehead atoms. The summed E-state index contributed by atoms with van der Waals surface area (Å²) in [4.78, 5) is 21.8. The second kappa shape index (κ2) is 7.41. The van der Waals surface area contributed by atoms with Crippen LogP contribution in [0.5, 0.6) is 5.75 Å². The molecule has 0 atom stereocenters. The number of carbonyl (C=O) groups excluding carboxylic acids is 1. The first-order valence-electron chi connectivity index (χ1n) is 6.50. The molecule has 8 nitrogen and oxygen atoms in total. The van der Waals surface area contributed by atoms with Crippen molar-refractivity contribution in [1.82, 2.24) is 15.1 Å². The zero-order valence-corrected chi connectivity index (χ0v) is 12.7. The molecule has 1 heterocycles. The van der Waals surface area contributed by atoms with Crippen LogP contribution in [0.25, 0.3) is 0 Å². The molecule has 0 saturated heterocycles. The largest absolute Gasteiger partial charge is 0.470 e. The molecule has 0 aliphatic carbocycles. The van der Waals surface area contributed by atoms with E-state index in [-0.39, 0.29) is 34.8 Å². The van der Waals surface area contributed by atoms with Gasteiger partial charge in [0.1, 0.15) is 11.4 Å². The van der Waals surface area contributed by atoms with Crippen LogP contribution in [0.2, 0.25) is 5.02 Å². The number of nitrogens with zero attached hydrogens (tertiary/aromatic N) is 3. The zero-order valence-electron chi connectivity index (χ0n) is 11.9. The number of rotatable bonds is 7. The number of carbonyl (C=O) groups is 1. The lowest BCUT2D eigenvalue weighted by atomic mass is 10.3. The number of nitro groups is 1. The summed E-state index contributed by atoms with van der Waals surface area (Å²) in [5.74, 6) is -0.0394. The van der Waals surface area contributed by atoms with E-state index in [4.69, 9.17) is 16.3 Å². The predicted molar refractivity (Wildman–Crippen MR) is 83.5 cm³/mol. The number of hydrogen-bond acceptors (Lipinski definition) is 5. The Bertz CT molecular complexity index is 744. The normalized spacial score (nSPS) is 10.1. The number of halogens is 1. The monoisotopic (exact) mass is 336 g/mol. The molecule has 1 N–H and O–H groups in total. The fourth-order valence-electron chi connectivity index (χ4n) is 1.67. The number of non-ortho nitro benzene ring substituents is 1. The van der Waals surface area contributed by atoms with Gasteiger partial charge in [-0.2, -0.15) is 5.10 Å². The number of amides is 1. The Morgan fingerprint density at radius 1 is 1.52 bits per heavy atom. The van der Waals surface area contributed by atoms with Crippen molar-refractivity contribution in [2.45, 2.75) is 6.73 Å². The first-order chi connectivity index (χ1) is 11.0. The minimum atomic E-state index is -0.544. The number of ether oxygens (including phenoxy) is 1. The molecule has 0 aliphatic rings. The van der Waals surface area contributed by atoms with E-state index >= 15 is 0 Å². The fraction of sp³-hybridized carbons (Fsp3) is 0.143. The van der Waals surface area contributed by atoms with Crippen molar-refractivity contribution in [2.24, 2.45) is 0 Å². The average molecular weight is 337 g/mol. The van der Waals surface area contributed by atoms with Crippen LogP contribution in [0.1, 0.15) is 10.5 Å². The zero-order chi connectivity index (χ0) is 16.8. The third-order valence-corrected chi connectivity index (χ3v) is 3.05. The van der Waals surface area contributed by atoms with E-state index in [2.05, 4.69) is 17.0 Å². The van der Waals surface area contributed by atoms with Crippen LogP contribution in [0.3, 0.4) is 0 Å². The number of nitrogens with one attached hydrogen (secondary N) is 1. The second-order valence-electron chi connectivity index (χ2n) is 4.38. The standard InChI is InChI=1S/C14H13ClN4O4/c1-2-6-16-14(20)12-5-7-18(17-12)9-23-13-4-3-10(19(21)22)8-11(13)15/h2-5,7-8H,1,6,9H2,(H,16,20). The maximum atomic E-state index is 11.7. The fourth-order valence-corrected chi connectivity index (χ4v) is 1.90. The van der Waals surface area contributed by atoms with Gasteiger partial charge < -0.3 is 10.1 Å². The molecule has 9 heteroatoms. The Kier molecular flexibility index (Phi) is 5.32. The Balaban J connectivity index is 1.99. The van der Waals surface area contributed by atoms with Crippen molar-refractivity contribution >= 4 is 23.2 Å². The van der Waals surface area contributed by atoms with E-state index in [9.17, 15) is 14.9 Å². The highest BCUT2D eigenvalue weighted by Crippen LogP contribution is 2.28. The summed E-state index contributed by atoms with van der Waals surface area (Å²) >= 11 is 5.92. The van der Waals surface area contributed by atoms with Crippen molar-refractivity contribution in [3.63, 3.8) is 0 Å². The quantitative estimate of drug-likeness (QED) is 0.475. The van der Waals surface area contributed by atoms with Crippen LogP contribution in [0, 0.1) is 10.1 Å². The van der Waals surface area contributed by atoms with Crippen LogP contribution in [-0.4, -0.2) is 27.2 Å². The van der Waals surface area contributed by atoms with Gasteiger partial charge in [-0.05, 0) is 12.1 Å². The summed E-state index contributed by atoms with van der Waals surface area (Å²) in [7, 11) is 0. The van der Waals surface area contributed by atoms with Crippen LogP contribution >= 0.6 is 11.6 Å². The second-order valence-corrected chi connectivity index (χ2v) is 4.79. The predicted octanol–water partition coefficient (Wildman–Crippen LogP) is 2.40. The Labute approximate surface area is 136 Å². The first-order valence-corrected chi connectivity index (χ1v) is 6.88. The molecule has 23 heavy (non-hydrogen) atoms. The number of hydrogen-bond donors (Lipinski definition) is 1. The van der Waals surface area contributed by atoms with E-state index in [1.807, 2.05) is 0 Å². The van der Waals surface area contributed by atoms with Crippen LogP contribution in [-0.2, 0) is 6.73 Å². The maximum absolute atomic E-state index is 11.7. The molecule has 120 valence electrons.